The Kier molecular flexibility index (Phi) is 3.28. The van der Waals surface area contributed by atoms with Crippen molar-refractivity contribution in [3.8, 4) is 0 Å². The Balaban J connectivity index is 2.10. The summed E-state index contributed by atoms with van der Waals surface area (Å²) in [4.78, 5) is 17.9. The third-order valence-corrected chi connectivity index (χ3v) is 5.40. The molecule has 0 aliphatic heterocycles. The van der Waals surface area contributed by atoms with Crippen LogP contribution in [0.1, 0.15) is 63.1 Å². The quantitative estimate of drug-likeness (QED) is 0.837. The number of aromatic nitrogens is 2. The molecule has 1 aliphatic rings. The van der Waals surface area contributed by atoms with Crippen LogP contribution >= 0.6 is 11.3 Å². The van der Waals surface area contributed by atoms with E-state index in [0.717, 1.165) is 29.1 Å². The highest BCUT2D eigenvalue weighted by Crippen LogP contribution is 2.34. The zero-order valence-corrected chi connectivity index (χ0v) is 13.3. The molecule has 106 valence electrons. The Morgan fingerprint density at radius 2 is 2.05 bits per heavy atom. The molecule has 0 bridgehead atoms. The standard InChI is InChI=1S/C16H20N2OS/c1-9-8-13-14(6-5-7-15(13)19)18(9)11(3)16-10(2)17-12(4)20-16/h8,11H,5-7H2,1-4H3. The van der Waals surface area contributed by atoms with E-state index in [0.29, 0.717) is 12.2 Å². The van der Waals surface area contributed by atoms with Gasteiger partial charge < -0.3 is 4.57 Å². The van der Waals surface area contributed by atoms with Crippen LogP contribution < -0.4 is 0 Å². The van der Waals surface area contributed by atoms with Gasteiger partial charge in [-0.15, -0.1) is 11.3 Å². The Bertz CT molecular complexity index is 681. The minimum absolute atomic E-state index is 0.260. The lowest BCUT2D eigenvalue weighted by molar-refractivity contribution is 0.0971. The molecule has 3 nitrogen and oxygen atoms in total. The van der Waals surface area contributed by atoms with Gasteiger partial charge in [-0.25, -0.2) is 4.98 Å². The summed E-state index contributed by atoms with van der Waals surface area (Å²) in [6.07, 6.45) is 2.68. The summed E-state index contributed by atoms with van der Waals surface area (Å²) in [6.45, 7) is 8.44. The SMILES string of the molecule is Cc1nc(C)c(C(C)n2c(C)cc3c2CCCC3=O)s1. The van der Waals surface area contributed by atoms with Crippen molar-refractivity contribution in [3.05, 3.63) is 38.6 Å². The van der Waals surface area contributed by atoms with Crippen molar-refractivity contribution in [1.29, 1.82) is 0 Å². The lowest BCUT2D eigenvalue weighted by atomic mass is 9.96. The van der Waals surface area contributed by atoms with E-state index < -0.39 is 0 Å². The summed E-state index contributed by atoms with van der Waals surface area (Å²) in [5, 5.41) is 1.11. The minimum Gasteiger partial charge on any atom is -0.340 e. The summed E-state index contributed by atoms with van der Waals surface area (Å²) in [5.41, 5.74) is 4.46. The number of hydrogen-bond acceptors (Lipinski definition) is 3. The summed E-state index contributed by atoms with van der Waals surface area (Å²) in [5.74, 6) is 0.303. The number of hydrogen-bond donors (Lipinski definition) is 0. The Morgan fingerprint density at radius 3 is 2.70 bits per heavy atom. The number of carbonyl (C=O) groups excluding carboxylic acids is 1. The van der Waals surface area contributed by atoms with E-state index in [9.17, 15) is 4.79 Å². The molecule has 0 fully saturated rings. The number of carbonyl (C=O) groups is 1. The van der Waals surface area contributed by atoms with Gasteiger partial charge in [-0.2, -0.15) is 0 Å². The lowest BCUT2D eigenvalue weighted by Gasteiger charge is -2.21. The monoisotopic (exact) mass is 288 g/mol. The second-order valence-electron chi connectivity index (χ2n) is 5.65. The van der Waals surface area contributed by atoms with Crippen LogP contribution in [-0.4, -0.2) is 15.3 Å². The first-order chi connectivity index (χ1) is 9.49. The third-order valence-electron chi connectivity index (χ3n) is 4.16. The van der Waals surface area contributed by atoms with E-state index in [1.165, 1.54) is 16.3 Å². The maximum absolute atomic E-state index is 12.1. The fourth-order valence-corrected chi connectivity index (χ4v) is 4.31. The Morgan fingerprint density at radius 1 is 1.30 bits per heavy atom. The molecule has 20 heavy (non-hydrogen) atoms. The number of aryl methyl sites for hydroxylation is 3. The highest BCUT2D eigenvalue weighted by Gasteiger charge is 2.26. The van der Waals surface area contributed by atoms with Crippen LogP contribution in [0.25, 0.3) is 0 Å². The maximum Gasteiger partial charge on any atom is 0.164 e. The average molecular weight is 288 g/mol. The van der Waals surface area contributed by atoms with Crippen molar-refractivity contribution in [2.24, 2.45) is 0 Å². The molecule has 1 aliphatic carbocycles. The second kappa shape index (κ2) is 4.85. The van der Waals surface area contributed by atoms with Gasteiger partial charge >= 0.3 is 0 Å². The number of ketones is 1. The van der Waals surface area contributed by atoms with Gasteiger partial charge in [0.25, 0.3) is 0 Å². The topological polar surface area (TPSA) is 34.9 Å². The normalized spacial score (nSPS) is 16.3. The first kappa shape index (κ1) is 13.6. The molecule has 0 spiro atoms. The highest BCUT2D eigenvalue weighted by molar-refractivity contribution is 7.11. The predicted molar refractivity (Wildman–Crippen MR) is 81.8 cm³/mol. The molecule has 0 N–H and O–H groups in total. The summed E-state index contributed by atoms with van der Waals surface area (Å²) < 4.78 is 2.34. The van der Waals surface area contributed by atoms with Crippen LogP contribution in [0.4, 0.5) is 0 Å². The predicted octanol–water partition coefficient (Wildman–Crippen LogP) is 4.00. The Hall–Kier alpha value is -1.42. The minimum atomic E-state index is 0.260. The molecule has 0 saturated heterocycles. The first-order valence-electron chi connectivity index (χ1n) is 7.17. The van der Waals surface area contributed by atoms with Gasteiger partial charge in [0.2, 0.25) is 0 Å². The van der Waals surface area contributed by atoms with Gasteiger partial charge in [0.1, 0.15) is 0 Å². The van der Waals surface area contributed by atoms with Crippen molar-refractivity contribution in [2.45, 2.75) is 53.0 Å². The molecule has 4 heteroatoms. The van der Waals surface area contributed by atoms with Crippen molar-refractivity contribution in [2.75, 3.05) is 0 Å². The summed E-state index contributed by atoms with van der Waals surface area (Å²) >= 11 is 1.76. The van der Waals surface area contributed by atoms with E-state index >= 15 is 0 Å². The summed E-state index contributed by atoms with van der Waals surface area (Å²) in [7, 11) is 0. The largest absolute Gasteiger partial charge is 0.340 e. The Labute approximate surface area is 123 Å². The average Bonchev–Trinajstić information content (AvgIpc) is 2.89. The molecule has 2 heterocycles. The molecule has 3 rings (SSSR count). The van der Waals surface area contributed by atoms with Gasteiger partial charge in [-0.3, -0.25) is 4.79 Å². The molecule has 2 aromatic heterocycles. The van der Waals surface area contributed by atoms with E-state index in [1.807, 2.05) is 0 Å². The van der Waals surface area contributed by atoms with Gasteiger partial charge in [0.05, 0.1) is 21.6 Å². The molecule has 1 atom stereocenters. The molecule has 0 saturated carbocycles. The fraction of sp³-hybridized carbons (Fsp3) is 0.500. The fourth-order valence-electron chi connectivity index (χ4n) is 3.34. The van der Waals surface area contributed by atoms with Gasteiger partial charge in [-0.05, 0) is 46.6 Å². The third kappa shape index (κ3) is 2.03. The van der Waals surface area contributed by atoms with Gasteiger partial charge in [-0.1, -0.05) is 0 Å². The van der Waals surface area contributed by atoms with Crippen molar-refractivity contribution >= 4 is 17.1 Å². The van der Waals surface area contributed by atoms with Crippen molar-refractivity contribution in [1.82, 2.24) is 9.55 Å². The number of rotatable bonds is 2. The zero-order chi connectivity index (χ0) is 14.4. The van der Waals surface area contributed by atoms with Crippen LogP contribution in [0.3, 0.4) is 0 Å². The van der Waals surface area contributed by atoms with Gasteiger partial charge in [0.15, 0.2) is 5.78 Å². The molecule has 0 amide bonds. The molecule has 1 unspecified atom stereocenters. The van der Waals surface area contributed by atoms with Crippen LogP contribution in [0.2, 0.25) is 0 Å². The van der Waals surface area contributed by atoms with E-state index in [1.54, 1.807) is 11.3 Å². The lowest BCUT2D eigenvalue weighted by Crippen LogP contribution is -2.16. The first-order valence-corrected chi connectivity index (χ1v) is 7.98. The van der Waals surface area contributed by atoms with E-state index in [-0.39, 0.29) is 6.04 Å². The number of thiazole rings is 1. The van der Waals surface area contributed by atoms with Gasteiger partial charge in [0, 0.05) is 23.4 Å². The number of fused-ring (bicyclic) bond motifs is 1. The summed E-state index contributed by atoms with van der Waals surface area (Å²) in [6, 6.07) is 2.33. The molecule has 2 aromatic rings. The second-order valence-corrected chi connectivity index (χ2v) is 6.89. The number of Topliss-reactive ketones (excluding diaryl/α,β-unsaturated/α-hetero) is 1. The van der Waals surface area contributed by atoms with Crippen molar-refractivity contribution < 1.29 is 4.79 Å². The molecule has 0 radical (unpaired) electrons. The van der Waals surface area contributed by atoms with Crippen LogP contribution in [-0.2, 0) is 6.42 Å². The highest BCUT2D eigenvalue weighted by atomic mass is 32.1. The van der Waals surface area contributed by atoms with E-state index in [4.69, 9.17) is 0 Å². The van der Waals surface area contributed by atoms with Crippen LogP contribution in [0.5, 0.6) is 0 Å². The molecule has 0 aromatic carbocycles. The maximum atomic E-state index is 12.1. The van der Waals surface area contributed by atoms with Crippen LogP contribution in [0.15, 0.2) is 6.07 Å². The molecular weight excluding hydrogens is 268 g/mol. The van der Waals surface area contributed by atoms with Crippen molar-refractivity contribution in [3.63, 3.8) is 0 Å². The molecular formula is C16H20N2OS. The van der Waals surface area contributed by atoms with Crippen LogP contribution in [0, 0.1) is 20.8 Å². The zero-order valence-electron chi connectivity index (χ0n) is 12.5. The smallest absolute Gasteiger partial charge is 0.164 e. The van der Waals surface area contributed by atoms with E-state index in [2.05, 4.69) is 43.3 Å². The number of nitrogens with zero attached hydrogens (tertiary/aromatic N) is 2.